The number of hydrogen-bond donors (Lipinski definition) is 0. The highest BCUT2D eigenvalue weighted by Crippen LogP contribution is 2.35. The second-order valence-electron chi connectivity index (χ2n) is 2.80. The molecule has 2 rings (SSSR count). The Morgan fingerprint density at radius 1 is 0.875 bits per heavy atom. The topological polar surface area (TPSA) is 24.7 Å². The van der Waals surface area contributed by atoms with Crippen LogP contribution in [0.4, 0.5) is 0 Å². The van der Waals surface area contributed by atoms with Crippen molar-refractivity contribution in [3.05, 3.63) is 0 Å². The summed E-state index contributed by atoms with van der Waals surface area (Å²) in [6.07, 6.45) is 0. The van der Waals surface area contributed by atoms with Gasteiger partial charge in [0.25, 0.3) is 0 Å². The van der Waals surface area contributed by atoms with Crippen LogP contribution in [0.5, 0.6) is 0 Å². The van der Waals surface area contributed by atoms with Crippen LogP contribution in [-0.2, 0) is 0 Å². The number of hydrogen-bond acceptors (Lipinski definition) is 8. The predicted octanol–water partition coefficient (Wildman–Crippen LogP) is 3.95. The number of aliphatic imine (C=N–C) groups is 2. The monoisotopic (exact) mass is 328 g/mol. The quantitative estimate of drug-likeness (QED) is 0.559. The first-order valence-corrected chi connectivity index (χ1v) is 11.5. The zero-order valence-electron chi connectivity index (χ0n) is 8.59. The fourth-order valence-electron chi connectivity index (χ4n) is 0.984. The van der Waals surface area contributed by atoms with Gasteiger partial charge in [-0.15, -0.1) is 0 Å². The molecule has 0 aromatic rings. The molecule has 0 saturated heterocycles. The maximum atomic E-state index is 4.40. The van der Waals surface area contributed by atoms with Gasteiger partial charge in [-0.2, -0.15) is 0 Å². The van der Waals surface area contributed by atoms with E-state index in [0.29, 0.717) is 0 Å². The van der Waals surface area contributed by atoms with E-state index in [1.165, 1.54) is 31.8 Å². The van der Waals surface area contributed by atoms with E-state index >= 15 is 0 Å². The molecule has 2 aliphatic heterocycles. The molecule has 90 valence electrons. The Bertz CT molecular complexity index is 252. The summed E-state index contributed by atoms with van der Waals surface area (Å²) < 4.78 is 2.52. The SMILES string of the molecule is C1CSC(SSCCSSC2=NCCS2)=N1. The van der Waals surface area contributed by atoms with Crippen molar-refractivity contribution < 1.29 is 0 Å². The molecular formula is C8H12N2S6. The molecular weight excluding hydrogens is 317 g/mol. The first kappa shape index (κ1) is 13.9. The average Bonchev–Trinajstić information content (AvgIpc) is 2.96. The Morgan fingerprint density at radius 3 is 1.75 bits per heavy atom. The molecule has 0 fully saturated rings. The summed E-state index contributed by atoms with van der Waals surface area (Å²) in [6, 6.07) is 0. The average molecular weight is 329 g/mol. The van der Waals surface area contributed by atoms with Crippen molar-refractivity contribution in [3.8, 4) is 0 Å². The lowest BCUT2D eigenvalue weighted by molar-refractivity contribution is 1.18. The highest BCUT2D eigenvalue weighted by atomic mass is 33.1. The van der Waals surface area contributed by atoms with E-state index < -0.39 is 0 Å². The minimum absolute atomic E-state index is 1.01. The van der Waals surface area contributed by atoms with E-state index in [4.69, 9.17) is 0 Å². The molecule has 0 atom stereocenters. The number of thioether (sulfide) groups is 2. The fourth-order valence-corrected chi connectivity index (χ4v) is 8.53. The van der Waals surface area contributed by atoms with Crippen molar-refractivity contribution in [3.63, 3.8) is 0 Å². The van der Waals surface area contributed by atoms with Crippen LogP contribution in [0.2, 0.25) is 0 Å². The van der Waals surface area contributed by atoms with Crippen LogP contribution in [0, 0.1) is 0 Å². The van der Waals surface area contributed by atoms with E-state index in [1.54, 1.807) is 0 Å². The van der Waals surface area contributed by atoms with Gasteiger partial charge < -0.3 is 0 Å². The second-order valence-corrected chi connectivity index (χ2v) is 10.3. The molecule has 0 amide bonds. The molecule has 0 spiro atoms. The minimum Gasteiger partial charge on any atom is -0.270 e. The Morgan fingerprint density at radius 2 is 1.38 bits per heavy atom. The van der Waals surface area contributed by atoms with Gasteiger partial charge in [0.05, 0.1) is 13.1 Å². The fraction of sp³-hybridized carbons (Fsp3) is 0.750. The van der Waals surface area contributed by atoms with E-state index in [2.05, 4.69) is 9.98 Å². The van der Waals surface area contributed by atoms with Gasteiger partial charge in [0.1, 0.15) is 8.75 Å². The largest absolute Gasteiger partial charge is 0.270 e. The molecule has 2 heterocycles. The Hall–Kier alpha value is 1.44. The third-order valence-corrected chi connectivity index (χ3v) is 9.42. The lowest BCUT2D eigenvalue weighted by Crippen LogP contribution is -1.82. The Balaban J connectivity index is 1.43. The summed E-state index contributed by atoms with van der Waals surface area (Å²) in [4.78, 5) is 8.81. The van der Waals surface area contributed by atoms with Gasteiger partial charge in [-0.25, -0.2) is 0 Å². The van der Waals surface area contributed by atoms with Crippen LogP contribution in [0.15, 0.2) is 9.98 Å². The van der Waals surface area contributed by atoms with Crippen molar-refractivity contribution >= 4 is 75.5 Å². The van der Waals surface area contributed by atoms with E-state index in [1.807, 2.05) is 66.7 Å². The molecule has 0 aromatic heterocycles. The van der Waals surface area contributed by atoms with Crippen molar-refractivity contribution in [1.29, 1.82) is 0 Å². The van der Waals surface area contributed by atoms with Gasteiger partial charge >= 0.3 is 0 Å². The van der Waals surface area contributed by atoms with Crippen molar-refractivity contribution in [1.82, 2.24) is 0 Å². The van der Waals surface area contributed by atoms with Crippen molar-refractivity contribution in [2.24, 2.45) is 9.98 Å². The first-order chi connectivity index (χ1) is 7.95. The molecule has 0 aromatic carbocycles. The molecule has 0 unspecified atom stereocenters. The summed E-state index contributed by atoms with van der Waals surface area (Å²) in [7, 11) is 7.51. The van der Waals surface area contributed by atoms with Crippen LogP contribution < -0.4 is 0 Å². The lowest BCUT2D eigenvalue weighted by atomic mass is 10.8. The Kier molecular flexibility index (Phi) is 7.39. The normalized spacial score (nSPS) is 20.0. The van der Waals surface area contributed by atoms with Crippen LogP contribution in [0.25, 0.3) is 0 Å². The minimum atomic E-state index is 1.01. The smallest absolute Gasteiger partial charge is 0.135 e. The molecule has 0 bridgehead atoms. The van der Waals surface area contributed by atoms with Gasteiger partial charge in [-0.05, 0) is 21.6 Å². The van der Waals surface area contributed by atoms with Gasteiger partial charge in [0.15, 0.2) is 0 Å². The molecule has 2 nitrogen and oxygen atoms in total. The molecule has 0 N–H and O–H groups in total. The third-order valence-electron chi connectivity index (χ3n) is 1.63. The predicted molar refractivity (Wildman–Crippen MR) is 89.6 cm³/mol. The van der Waals surface area contributed by atoms with Crippen LogP contribution in [0.3, 0.4) is 0 Å². The van der Waals surface area contributed by atoms with Gasteiger partial charge in [-0.3, -0.25) is 9.98 Å². The molecule has 2 aliphatic rings. The van der Waals surface area contributed by atoms with Crippen LogP contribution in [0.1, 0.15) is 0 Å². The van der Waals surface area contributed by atoms with Crippen molar-refractivity contribution in [2.75, 3.05) is 36.1 Å². The highest BCUT2D eigenvalue weighted by Gasteiger charge is 2.09. The molecule has 0 saturated carbocycles. The number of nitrogens with zero attached hydrogens (tertiary/aromatic N) is 2. The van der Waals surface area contributed by atoms with Gasteiger partial charge in [-0.1, -0.05) is 45.1 Å². The maximum Gasteiger partial charge on any atom is 0.135 e. The summed E-state index contributed by atoms with van der Waals surface area (Å²) in [5, 5.41) is 0. The van der Waals surface area contributed by atoms with Crippen LogP contribution in [-0.4, -0.2) is 44.9 Å². The second kappa shape index (κ2) is 8.53. The van der Waals surface area contributed by atoms with E-state index in [0.717, 1.165) is 13.1 Å². The van der Waals surface area contributed by atoms with Crippen molar-refractivity contribution in [2.45, 2.75) is 0 Å². The zero-order valence-corrected chi connectivity index (χ0v) is 13.5. The summed E-state index contributed by atoms with van der Waals surface area (Å²) in [6.45, 7) is 2.02. The molecule has 0 radical (unpaired) electrons. The summed E-state index contributed by atoms with van der Waals surface area (Å²) in [5.41, 5.74) is 0. The third kappa shape index (κ3) is 5.39. The lowest BCUT2D eigenvalue weighted by Gasteiger charge is -2.00. The standard InChI is InChI=1S/C8H12N2S6/c1-3-11-7(9-1)15-13-5-6-14-16-8-10-2-4-12-8/h1-6H2. The molecule has 8 heteroatoms. The van der Waals surface area contributed by atoms with E-state index in [9.17, 15) is 0 Å². The Labute approximate surface area is 121 Å². The molecule has 16 heavy (non-hydrogen) atoms. The highest BCUT2D eigenvalue weighted by molar-refractivity contribution is 8.87. The van der Waals surface area contributed by atoms with Gasteiger partial charge in [0, 0.05) is 23.0 Å². The van der Waals surface area contributed by atoms with Gasteiger partial charge in [0.2, 0.25) is 0 Å². The number of rotatable bonds is 5. The molecule has 0 aliphatic carbocycles. The maximum absolute atomic E-state index is 4.40. The zero-order chi connectivity index (χ0) is 11.1. The van der Waals surface area contributed by atoms with E-state index in [-0.39, 0.29) is 0 Å². The first-order valence-electron chi connectivity index (χ1n) is 4.88. The van der Waals surface area contributed by atoms with Crippen LogP contribution >= 0.6 is 66.7 Å². The summed E-state index contributed by atoms with van der Waals surface area (Å²) in [5.74, 6) is 4.70. The summed E-state index contributed by atoms with van der Waals surface area (Å²) >= 11 is 3.77.